The van der Waals surface area contributed by atoms with Gasteiger partial charge in [-0.15, -0.1) is 0 Å². The van der Waals surface area contributed by atoms with Gasteiger partial charge in [0.05, 0.1) is 11.0 Å². The van der Waals surface area contributed by atoms with Gasteiger partial charge in [-0.1, -0.05) is 57.6 Å². The van der Waals surface area contributed by atoms with Gasteiger partial charge in [0, 0.05) is 31.5 Å². The van der Waals surface area contributed by atoms with E-state index in [-0.39, 0.29) is 11.8 Å². The standard InChI is InChI=1S/C28H42N4O2/c1-2-12-27(33)29-20-11-19-26-30-24-17-9-10-18-25(24)31(26)21-28(34)32(22-13-5-3-6-14-22)23-15-7-4-8-16-23/h9-10,17-18,22-23H,2-8,11-16,19-21H2,1H3,(H,29,33). The quantitative estimate of drug-likeness (QED) is 0.478. The topological polar surface area (TPSA) is 67.2 Å². The predicted molar refractivity (Wildman–Crippen MR) is 137 cm³/mol. The molecule has 6 nitrogen and oxygen atoms in total. The molecule has 1 N–H and O–H groups in total. The second kappa shape index (κ2) is 12.4. The van der Waals surface area contributed by atoms with Crippen LogP contribution in [0.1, 0.15) is 96.2 Å². The largest absolute Gasteiger partial charge is 0.356 e. The van der Waals surface area contributed by atoms with E-state index < -0.39 is 0 Å². The zero-order valence-electron chi connectivity index (χ0n) is 20.9. The highest BCUT2D eigenvalue weighted by Gasteiger charge is 2.32. The third-order valence-corrected chi connectivity index (χ3v) is 7.63. The SMILES string of the molecule is CCCC(=O)NCCCc1nc2ccccc2n1CC(=O)N(C1CCCCC1)C1CCCCC1. The molecular weight excluding hydrogens is 424 g/mol. The highest BCUT2D eigenvalue weighted by atomic mass is 16.2. The van der Waals surface area contributed by atoms with Crippen molar-refractivity contribution in [2.45, 2.75) is 115 Å². The Bertz CT molecular complexity index is 923. The number of fused-ring (bicyclic) bond motifs is 1. The number of rotatable bonds is 10. The Labute approximate surface area is 204 Å². The lowest BCUT2D eigenvalue weighted by atomic mass is 9.88. The van der Waals surface area contributed by atoms with Gasteiger partial charge >= 0.3 is 0 Å². The van der Waals surface area contributed by atoms with E-state index in [4.69, 9.17) is 4.98 Å². The summed E-state index contributed by atoms with van der Waals surface area (Å²) in [4.78, 5) is 32.9. The number of nitrogens with one attached hydrogen (secondary N) is 1. The van der Waals surface area contributed by atoms with Gasteiger partial charge in [-0.05, 0) is 50.7 Å². The molecule has 34 heavy (non-hydrogen) atoms. The second-order valence-electron chi connectivity index (χ2n) is 10.2. The number of hydrogen-bond acceptors (Lipinski definition) is 3. The van der Waals surface area contributed by atoms with Crippen molar-refractivity contribution < 1.29 is 9.59 Å². The molecule has 1 aromatic carbocycles. The minimum absolute atomic E-state index is 0.113. The van der Waals surface area contributed by atoms with Crippen LogP contribution in [0.15, 0.2) is 24.3 Å². The lowest BCUT2D eigenvalue weighted by Gasteiger charge is -2.42. The Hall–Kier alpha value is -2.37. The van der Waals surface area contributed by atoms with Crippen LogP contribution in [0.25, 0.3) is 11.0 Å². The summed E-state index contributed by atoms with van der Waals surface area (Å²) in [5.74, 6) is 1.33. The number of hydrogen-bond donors (Lipinski definition) is 1. The Morgan fingerprint density at radius 3 is 2.29 bits per heavy atom. The summed E-state index contributed by atoms with van der Waals surface area (Å²) in [6, 6.07) is 8.94. The molecule has 0 radical (unpaired) electrons. The molecule has 186 valence electrons. The third kappa shape index (κ3) is 6.19. The first-order chi connectivity index (χ1) is 16.7. The fourth-order valence-electron chi connectivity index (χ4n) is 5.92. The number of aromatic nitrogens is 2. The van der Waals surface area contributed by atoms with Gasteiger partial charge in [-0.2, -0.15) is 0 Å². The maximum absolute atomic E-state index is 13.9. The maximum atomic E-state index is 13.9. The first kappa shape index (κ1) is 24.7. The van der Waals surface area contributed by atoms with Crippen LogP contribution in [0, 0.1) is 0 Å². The molecule has 0 saturated heterocycles. The number of imidazole rings is 1. The normalized spacial score (nSPS) is 17.7. The minimum Gasteiger partial charge on any atom is -0.356 e. The van der Waals surface area contributed by atoms with Gasteiger partial charge in [0.1, 0.15) is 12.4 Å². The van der Waals surface area contributed by atoms with Crippen LogP contribution in [0.2, 0.25) is 0 Å². The molecule has 1 heterocycles. The Morgan fingerprint density at radius 2 is 1.65 bits per heavy atom. The molecule has 0 unspecified atom stereocenters. The zero-order chi connectivity index (χ0) is 23.8. The van der Waals surface area contributed by atoms with Crippen molar-refractivity contribution in [3.63, 3.8) is 0 Å². The van der Waals surface area contributed by atoms with Gasteiger partial charge in [0.15, 0.2) is 0 Å². The number of aryl methyl sites for hydroxylation is 1. The van der Waals surface area contributed by atoms with Crippen LogP contribution in [0.4, 0.5) is 0 Å². The van der Waals surface area contributed by atoms with E-state index in [0.29, 0.717) is 31.6 Å². The fourth-order valence-corrected chi connectivity index (χ4v) is 5.92. The van der Waals surface area contributed by atoms with Gasteiger partial charge in [0.25, 0.3) is 0 Å². The van der Waals surface area contributed by atoms with E-state index in [9.17, 15) is 9.59 Å². The summed E-state index contributed by atoms with van der Waals surface area (Å²) >= 11 is 0. The molecule has 0 bridgehead atoms. The smallest absolute Gasteiger partial charge is 0.243 e. The number of para-hydroxylation sites is 2. The molecule has 1 aromatic heterocycles. The molecule has 2 amide bonds. The Morgan fingerprint density at radius 1 is 1.00 bits per heavy atom. The molecule has 0 aliphatic heterocycles. The van der Waals surface area contributed by atoms with E-state index in [0.717, 1.165) is 61.8 Å². The molecule has 2 saturated carbocycles. The third-order valence-electron chi connectivity index (χ3n) is 7.63. The van der Waals surface area contributed by atoms with Crippen LogP contribution in [-0.4, -0.2) is 44.9 Å². The number of nitrogens with zero attached hydrogens (tertiary/aromatic N) is 3. The summed E-state index contributed by atoms with van der Waals surface area (Å²) in [6.07, 6.45) is 15.2. The van der Waals surface area contributed by atoms with Crippen LogP contribution >= 0.6 is 0 Å². The van der Waals surface area contributed by atoms with Gasteiger partial charge in [-0.25, -0.2) is 4.98 Å². The van der Waals surface area contributed by atoms with Crippen molar-refractivity contribution in [1.82, 2.24) is 19.8 Å². The van der Waals surface area contributed by atoms with E-state index in [1.807, 2.05) is 25.1 Å². The summed E-state index contributed by atoms with van der Waals surface area (Å²) in [6.45, 7) is 3.03. The van der Waals surface area contributed by atoms with Crippen molar-refractivity contribution in [2.75, 3.05) is 6.54 Å². The monoisotopic (exact) mass is 466 g/mol. The van der Waals surface area contributed by atoms with Crippen LogP contribution in [0.3, 0.4) is 0 Å². The Balaban J connectivity index is 1.50. The zero-order valence-corrected chi connectivity index (χ0v) is 20.9. The summed E-state index contributed by atoms with van der Waals surface area (Å²) in [5.41, 5.74) is 1.98. The molecule has 6 heteroatoms. The van der Waals surface area contributed by atoms with Crippen molar-refractivity contribution in [3.8, 4) is 0 Å². The molecule has 2 aliphatic carbocycles. The molecule has 0 atom stereocenters. The summed E-state index contributed by atoms with van der Waals surface area (Å²) in [5, 5.41) is 3.00. The van der Waals surface area contributed by atoms with Gasteiger partial charge in [0.2, 0.25) is 11.8 Å². The van der Waals surface area contributed by atoms with Crippen molar-refractivity contribution in [1.29, 1.82) is 0 Å². The molecule has 2 fully saturated rings. The van der Waals surface area contributed by atoms with Crippen molar-refractivity contribution in [2.24, 2.45) is 0 Å². The van der Waals surface area contributed by atoms with Crippen molar-refractivity contribution in [3.05, 3.63) is 30.1 Å². The average Bonchev–Trinajstić information content (AvgIpc) is 3.21. The average molecular weight is 467 g/mol. The van der Waals surface area contributed by atoms with Crippen LogP contribution < -0.4 is 5.32 Å². The second-order valence-corrected chi connectivity index (χ2v) is 10.2. The fraction of sp³-hybridized carbons (Fsp3) is 0.679. The van der Waals surface area contributed by atoms with Crippen LogP contribution in [0.5, 0.6) is 0 Å². The molecule has 4 rings (SSSR count). The maximum Gasteiger partial charge on any atom is 0.243 e. The number of amides is 2. The molecular formula is C28H42N4O2. The van der Waals surface area contributed by atoms with Gasteiger partial charge in [-0.3, -0.25) is 9.59 Å². The van der Waals surface area contributed by atoms with Crippen LogP contribution in [-0.2, 0) is 22.6 Å². The van der Waals surface area contributed by atoms with E-state index in [2.05, 4.69) is 20.9 Å². The summed E-state index contributed by atoms with van der Waals surface area (Å²) in [7, 11) is 0. The lowest BCUT2D eigenvalue weighted by Crippen LogP contribution is -2.50. The highest BCUT2D eigenvalue weighted by molar-refractivity contribution is 5.81. The number of carbonyl (C=O) groups excluding carboxylic acids is 2. The molecule has 2 aromatic rings. The first-order valence-electron chi connectivity index (χ1n) is 13.7. The summed E-state index contributed by atoms with van der Waals surface area (Å²) < 4.78 is 2.14. The lowest BCUT2D eigenvalue weighted by molar-refractivity contribution is -0.138. The highest BCUT2D eigenvalue weighted by Crippen LogP contribution is 2.31. The number of benzene rings is 1. The predicted octanol–water partition coefficient (Wildman–Crippen LogP) is 5.38. The first-order valence-corrected chi connectivity index (χ1v) is 13.7. The van der Waals surface area contributed by atoms with E-state index >= 15 is 0 Å². The minimum atomic E-state index is 0.113. The molecule has 2 aliphatic rings. The van der Waals surface area contributed by atoms with E-state index in [1.54, 1.807) is 0 Å². The van der Waals surface area contributed by atoms with E-state index in [1.165, 1.54) is 38.5 Å². The van der Waals surface area contributed by atoms with Crippen molar-refractivity contribution >= 4 is 22.8 Å². The molecule has 0 spiro atoms. The van der Waals surface area contributed by atoms with Gasteiger partial charge < -0.3 is 14.8 Å². The number of carbonyl (C=O) groups is 2. The Kier molecular flexibility index (Phi) is 9.00.